The molecule has 3 nitrogen and oxygen atoms in total. The second kappa shape index (κ2) is 3.16. The molecule has 0 aromatic carbocycles. The molecule has 1 aliphatic carbocycles. The molecule has 3 rings (SSSR count). The Bertz CT molecular complexity index is 430. The average Bonchev–Trinajstić information content (AvgIpc) is 2.74. The Labute approximate surface area is 90.1 Å². The van der Waals surface area contributed by atoms with Crippen LogP contribution in [0.3, 0.4) is 0 Å². The molecule has 0 saturated carbocycles. The first kappa shape index (κ1) is 10.0. The van der Waals surface area contributed by atoms with Crippen LogP contribution in [-0.2, 0) is 12.6 Å². The molecule has 86 valence electrons. The standard InChI is InChI=1S/C10H10F3N3/c11-10(12,13)9-15-4-7-6-3-14-2-5(6)1-8(7)16-9/h4-6,14H,1-3H2. The molecule has 1 aliphatic heterocycles. The minimum Gasteiger partial charge on any atom is -0.316 e. The van der Waals surface area contributed by atoms with E-state index in [1.165, 1.54) is 6.20 Å². The summed E-state index contributed by atoms with van der Waals surface area (Å²) in [5, 5.41) is 3.23. The van der Waals surface area contributed by atoms with Crippen molar-refractivity contribution in [2.24, 2.45) is 5.92 Å². The van der Waals surface area contributed by atoms with Gasteiger partial charge in [0, 0.05) is 24.4 Å². The van der Waals surface area contributed by atoms with Crippen LogP contribution in [0.4, 0.5) is 13.2 Å². The Morgan fingerprint density at radius 2 is 2.12 bits per heavy atom. The van der Waals surface area contributed by atoms with Crippen molar-refractivity contribution in [3.05, 3.63) is 23.3 Å². The van der Waals surface area contributed by atoms with Crippen molar-refractivity contribution < 1.29 is 13.2 Å². The molecule has 0 radical (unpaired) electrons. The van der Waals surface area contributed by atoms with E-state index in [1.807, 2.05) is 0 Å². The number of halogens is 3. The maximum atomic E-state index is 12.4. The Morgan fingerprint density at radius 3 is 2.88 bits per heavy atom. The number of fused-ring (bicyclic) bond motifs is 3. The number of aromatic nitrogens is 2. The maximum Gasteiger partial charge on any atom is 0.451 e. The molecule has 1 aromatic rings. The van der Waals surface area contributed by atoms with Crippen molar-refractivity contribution in [2.45, 2.75) is 18.5 Å². The van der Waals surface area contributed by atoms with Crippen molar-refractivity contribution >= 4 is 0 Å². The summed E-state index contributed by atoms with van der Waals surface area (Å²) >= 11 is 0. The van der Waals surface area contributed by atoms with Crippen molar-refractivity contribution in [1.29, 1.82) is 0 Å². The molecule has 0 spiro atoms. The SMILES string of the molecule is FC(F)(F)c1ncc2c(n1)CC1CNCC21. The Morgan fingerprint density at radius 1 is 1.31 bits per heavy atom. The van der Waals surface area contributed by atoms with Gasteiger partial charge in [-0.05, 0) is 24.4 Å². The Balaban J connectivity index is 2.00. The van der Waals surface area contributed by atoms with Gasteiger partial charge >= 0.3 is 6.18 Å². The monoisotopic (exact) mass is 229 g/mol. The van der Waals surface area contributed by atoms with Crippen LogP contribution < -0.4 is 5.32 Å². The van der Waals surface area contributed by atoms with Gasteiger partial charge in [0.05, 0.1) is 0 Å². The molecular weight excluding hydrogens is 219 g/mol. The third-order valence-corrected chi connectivity index (χ3v) is 3.35. The topological polar surface area (TPSA) is 37.8 Å². The number of rotatable bonds is 0. The van der Waals surface area contributed by atoms with E-state index < -0.39 is 12.0 Å². The minimum atomic E-state index is -4.44. The van der Waals surface area contributed by atoms with Crippen molar-refractivity contribution in [2.75, 3.05) is 13.1 Å². The highest BCUT2D eigenvalue weighted by atomic mass is 19.4. The fraction of sp³-hybridized carbons (Fsp3) is 0.600. The number of alkyl halides is 3. The van der Waals surface area contributed by atoms with Crippen LogP contribution in [0.25, 0.3) is 0 Å². The van der Waals surface area contributed by atoms with Crippen LogP contribution in [0.1, 0.15) is 23.0 Å². The second-order valence-corrected chi connectivity index (χ2v) is 4.32. The smallest absolute Gasteiger partial charge is 0.316 e. The first-order valence-corrected chi connectivity index (χ1v) is 5.19. The first-order chi connectivity index (χ1) is 7.55. The highest BCUT2D eigenvalue weighted by Crippen LogP contribution is 2.39. The average molecular weight is 229 g/mol. The number of nitrogens with one attached hydrogen (secondary N) is 1. The van der Waals surface area contributed by atoms with Gasteiger partial charge < -0.3 is 5.32 Å². The van der Waals surface area contributed by atoms with Crippen molar-refractivity contribution in [3.63, 3.8) is 0 Å². The molecular formula is C10H10F3N3. The lowest BCUT2D eigenvalue weighted by atomic mass is 9.98. The van der Waals surface area contributed by atoms with Gasteiger partial charge in [-0.25, -0.2) is 9.97 Å². The van der Waals surface area contributed by atoms with Crippen LogP contribution in [0.5, 0.6) is 0 Å². The largest absolute Gasteiger partial charge is 0.451 e. The normalized spacial score (nSPS) is 27.9. The molecule has 6 heteroatoms. The fourth-order valence-corrected chi connectivity index (χ4v) is 2.60. The summed E-state index contributed by atoms with van der Waals surface area (Å²) in [5.41, 5.74) is 1.47. The summed E-state index contributed by atoms with van der Waals surface area (Å²) in [6.07, 6.45) is -2.45. The van der Waals surface area contributed by atoms with Gasteiger partial charge in [0.1, 0.15) is 0 Å². The van der Waals surface area contributed by atoms with Gasteiger partial charge in [-0.15, -0.1) is 0 Å². The Kier molecular flexibility index (Phi) is 1.98. The number of hydrogen-bond donors (Lipinski definition) is 1. The van der Waals surface area contributed by atoms with Crippen LogP contribution in [0.2, 0.25) is 0 Å². The van der Waals surface area contributed by atoms with Gasteiger partial charge in [0.2, 0.25) is 5.82 Å². The van der Waals surface area contributed by atoms with E-state index in [1.54, 1.807) is 0 Å². The highest BCUT2D eigenvalue weighted by Gasteiger charge is 2.40. The molecule has 16 heavy (non-hydrogen) atoms. The molecule has 2 atom stereocenters. The number of nitrogens with zero attached hydrogens (tertiary/aromatic N) is 2. The predicted octanol–water partition coefficient (Wildman–Crippen LogP) is 1.35. The van der Waals surface area contributed by atoms with E-state index >= 15 is 0 Å². The summed E-state index contributed by atoms with van der Waals surface area (Å²) in [5.74, 6) is -0.316. The molecule has 1 N–H and O–H groups in total. The van der Waals surface area contributed by atoms with E-state index in [0.29, 0.717) is 24.0 Å². The molecule has 2 heterocycles. The first-order valence-electron chi connectivity index (χ1n) is 5.19. The second-order valence-electron chi connectivity index (χ2n) is 4.32. The van der Waals surface area contributed by atoms with Crippen LogP contribution in [0.15, 0.2) is 6.20 Å². The van der Waals surface area contributed by atoms with E-state index in [0.717, 1.165) is 18.7 Å². The van der Waals surface area contributed by atoms with E-state index in [4.69, 9.17) is 0 Å². The van der Waals surface area contributed by atoms with E-state index in [-0.39, 0.29) is 0 Å². The lowest BCUT2D eigenvalue weighted by molar-refractivity contribution is -0.145. The minimum absolute atomic E-state index is 0.303. The third kappa shape index (κ3) is 1.40. The lowest BCUT2D eigenvalue weighted by Gasteiger charge is -2.08. The van der Waals surface area contributed by atoms with Crippen molar-refractivity contribution in [1.82, 2.24) is 15.3 Å². The van der Waals surface area contributed by atoms with Gasteiger partial charge in [-0.2, -0.15) is 13.2 Å². The quantitative estimate of drug-likeness (QED) is 0.729. The molecule has 0 amide bonds. The molecule has 1 fully saturated rings. The lowest BCUT2D eigenvalue weighted by Crippen LogP contribution is -2.15. The summed E-state index contributed by atoms with van der Waals surface area (Å²) < 4.78 is 37.2. The molecule has 2 unspecified atom stereocenters. The summed E-state index contributed by atoms with van der Waals surface area (Å²) in [7, 11) is 0. The third-order valence-electron chi connectivity index (χ3n) is 3.35. The van der Waals surface area contributed by atoms with Crippen LogP contribution in [0, 0.1) is 5.92 Å². The summed E-state index contributed by atoms with van der Waals surface area (Å²) in [6.45, 7) is 1.69. The van der Waals surface area contributed by atoms with Gasteiger partial charge in [0.25, 0.3) is 0 Å². The zero-order chi connectivity index (χ0) is 11.3. The van der Waals surface area contributed by atoms with E-state index in [9.17, 15) is 13.2 Å². The highest BCUT2D eigenvalue weighted by molar-refractivity contribution is 5.31. The molecule has 2 aliphatic rings. The van der Waals surface area contributed by atoms with Gasteiger partial charge in [-0.3, -0.25) is 0 Å². The summed E-state index contributed by atoms with van der Waals surface area (Å²) in [4.78, 5) is 7.06. The Hall–Kier alpha value is -1.17. The maximum absolute atomic E-state index is 12.4. The van der Waals surface area contributed by atoms with Crippen LogP contribution >= 0.6 is 0 Å². The van der Waals surface area contributed by atoms with Crippen molar-refractivity contribution in [3.8, 4) is 0 Å². The van der Waals surface area contributed by atoms with Gasteiger partial charge in [0.15, 0.2) is 0 Å². The van der Waals surface area contributed by atoms with Crippen LogP contribution in [-0.4, -0.2) is 23.1 Å². The molecule has 0 bridgehead atoms. The zero-order valence-electron chi connectivity index (χ0n) is 8.38. The predicted molar refractivity (Wildman–Crippen MR) is 49.8 cm³/mol. The fourth-order valence-electron chi connectivity index (χ4n) is 2.60. The molecule has 1 aromatic heterocycles. The number of hydrogen-bond acceptors (Lipinski definition) is 3. The van der Waals surface area contributed by atoms with E-state index in [2.05, 4.69) is 15.3 Å². The summed E-state index contributed by atoms with van der Waals surface area (Å²) in [6, 6.07) is 0. The zero-order valence-corrected chi connectivity index (χ0v) is 8.38. The molecule has 1 saturated heterocycles. The van der Waals surface area contributed by atoms with Gasteiger partial charge in [-0.1, -0.05) is 0 Å².